The van der Waals surface area contributed by atoms with Gasteiger partial charge >= 0.3 is 6.03 Å². The first kappa shape index (κ1) is 17.4. The van der Waals surface area contributed by atoms with E-state index in [4.69, 9.17) is 0 Å². The molecule has 7 heteroatoms. The molecule has 1 atom stereocenters. The van der Waals surface area contributed by atoms with Crippen LogP contribution in [-0.4, -0.2) is 48.4 Å². The Bertz CT molecular complexity index is 682. The monoisotopic (exact) mass is 344 g/mol. The molecule has 2 saturated heterocycles. The van der Waals surface area contributed by atoms with Gasteiger partial charge in [0.25, 0.3) is 5.91 Å². The van der Waals surface area contributed by atoms with Gasteiger partial charge in [-0.3, -0.25) is 14.5 Å². The molecule has 134 valence electrons. The van der Waals surface area contributed by atoms with Gasteiger partial charge in [-0.15, -0.1) is 0 Å². The zero-order chi connectivity index (χ0) is 18.0. The van der Waals surface area contributed by atoms with E-state index in [0.29, 0.717) is 5.56 Å². The molecule has 2 aliphatic heterocycles. The van der Waals surface area contributed by atoms with E-state index in [1.807, 2.05) is 31.2 Å². The molecule has 0 aliphatic carbocycles. The summed E-state index contributed by atoms with van der Waals surface area (Å²) in [6, 6.07) is 7.00. The van der Waals surface area contributed by atoms with Gasteiger partial charge in [0.1, 0.15) is 12.1 Å². The normalized spacial score (nSPS) is 24.3. The van der Waals surface area contributed by atoms with Crippen LogP contribution in [0.4, 0.5) is 4.79 Å². The first-order valence-corrected chi connectivity index (χ1v) is 8.61. The molecule has 1 aromatic carbocycles. The number of amides is 4. The van der Waals surface area contributed by atoms with Crippen molar-refractivity contribution in [3.8, 4) is 0 Å². The molecule has 0 aromatic heterocycles. The van der Waals surface area contributed by atoms with Crippen LogP contribution >= 0.6 is 0 Å². The third-order valence-electron chi connectivity index (χ3n) is 4.91. The van der Waals surface area contributed by atoms with Crippen molar-refractivity contribution in [1.29, 1.82) is 0 Å². The number of benzene rings is 1. The average molecular weight is 344 g/mol. The minimum atomic E-state index is -1.14. The first-order valence-electron chi connectivity index (χ1n) is 8.61. The molecule has 2 heterocycles. The van der Waals surface area contributed by atoms with Gasteiger partial charge in [0, 0.05) is 6.04 Å². The lowest BCUT2D eigenvalue weighted by Crippen LogP contribution is -2.48. The predicted molar refractivity (Wildman–Crippen MR) is 92.8 cm³/mol. The topological polar surface area (TPSA) is 90.5 Å². The second-order valence-corrected chi connectivity index (χ2v) is 6.90. The molecule has 25 heavy (non-hydrogen) atoms. The van der Waals surface area contributed by atoms with Gasteiger partial charge in [-0.2, -0.15) is 0 Å². The molecule has 3 N–H and O–H groups in total. The molecule has 0 spiro atoms. The van der Waals surface area contributed by atoms with E-state index in [0.717, 1.165) is 36.4 Å². The number of rotatable bonds is 4. The first-order chi connectivity index (χ1) is 11.9. The molecular weight excluding hydrogens is 320 g/mol. The fourth-order valence-corrected chi connectivity index (χ4v) is 3.31. The van der Waals surface area contributed by atoms with Gasteiger partial charge < -0.3 is 16.0 Å². The van der Waals surface area contributed by atoms with Crippen LogP contribution in [0.5, 0.6) is 0 Å². The van der Waals surface area contributed by atoms with E-state index >= 15 is 0 Å². The van der Waals surface area contributed by atoms with Gasteiger partial charge in [-0.05, 0) is 45.3 Å². The molecule has 3 rings (SSSR count). The Labute approximate surface area is 147 Å². The summed E-state index contributed by atoms with van der Waals surface area (Å²) in [6.45, 7) is 5.09. The van der Waals surface area contributed by atoms with Crippen molar-refractivity contribution in [3.05, 3.63) is 35.4 Å². The average Bonchev–Trinajstić information content (AvgIpc) is 2.80. The van der Waals surface area contributed by atoms with Crippen LogP contribution in [0.2, 0.25) is 0 Å². The number of carbonyl (C=O) groups is 3. The second-order valence-electron chi connectivity index (χ2n) is 6.90. The van der Waals surface area contributed by atoms with Crippen LogP contribution in [0.1, 0.15) is 30.9 Å². The van der Waals surface area contributed by atoms with Crippen molar-refractivity contribution < 1.29 is 14.4 Å². The Kier molecular flexibility index (Phi) is 4.76. The summed E-state index contributed by atoms with van der Waals surface area (Å²) < 4.78 is 0. The van der Waals surface area contributed by atoms with Crippen LogP contribution in [0, 0.1) is 6.92 Å². The summed E-state index contributed by atoms with van der Waals surface area (Å²) in [6.07, 6.45) is 1.71. The lowest BCUT2D eigenvalue weighted by Gasteiger charge is -2.25. The molecule has 7 nitrogen and oxygen atoms in total. The summed E-state index contributed by atoms with van der Waals surface area (Å²) in [5.41, 5.74) is 0.639. The smallest absolute Gasteiger partial charge is 0.325 e. The maximum absolute atomic E-state index is 12.8. The maximum Gasteiger partial charge on any atom is 0.325 e. The molecule has 2 aliphatic rings. The number of hydrogen-bond donors (Lipinski definition) is 3. The van der Waals surface area contributed by atoms with Crippen molar-refractivity contribution in [2.24, 2.45) is 0 Å². The predicted octanol–water partition coefficient (Wildman–Crippen LogP) is 0.630. The highest BCUT2D eigenvalue weighted by Crippen LogP contribution is 2.28. The van der Waals surface area contributed by atoms with Gasteiger partial charge in [-0.1, -0.05) is 29.8 Å². The lowest BCUT2D eigenvalue weighted by molar-refractivity contribution is -0.135. The molecule has 1 unspecified atom stereocenters. The minimum Gasteiger partial charge on any atom is -0.352 e. The summed E-state index contributed by atoms with van der Waals surface area (Å²) in [5, 5.41) is 8.86. The number of aryl methyl sites for hydroxylation is 1. The lowest BCUT2D eigenvalue weighted by atomic mass is 9.91. The van der Waals surface area contributed by atoms with Crippen LogP contribution in [0.15, 0.2) is 24.3 Å². The Balaban J connectivity index is 1.68. The molecule has 2 fully saturated rings. The summed E-state index contributed by atoms with van der Waals surface area (Å²) >= 11 is 0. The van der Waals surface area contributed by atoms with E-state index in [2.05, 4.69) is 16.0 Å². The zero-order valence-electron chi connectivity index (χ0n) is 14.6. The fraction of sp³-hybridized carbons (Fsp3) is 0.500. The van der Waals surface area contributed by atoms with Crippen molar-refractivity contribution >= 4 is 17.8 Å². The number of imide groups is 1. The number of urea groups is 1. The molecular formula is C18H24N4O3. The standard InChI is InChI=1S/C18H24N4O3/c1-12-3-5-13(6-4-12)18(2)16(24)22(17(25)21-18)11-15(23)20-14-7-9-19-10-8-14/h3-6,14,19H,7-11H2,1-2H3,(H,20,23)(H,21,25). The van der Waals surface area contributed by atoms with E-state index in [1.165, 1.54) is 0 Å². The van der Waals surface area contributed by atoms with Crippen LogP contribution in [0.25, 0.3) is 0 Å². The van der Waals surface area contributed by atoms with E-state index in [1.54, 1.807) is 6.92 Å². The summed E-state index contributed by atoms with van der Waals surface area (Å²) in [7, 11) is 0. The van der Waals surface area contributed by atoms with E-state index in [9.17, 15) is 14.4 Å². The van der Waals surface area contributed by atoms with E-state index < -0.39 is 17.5 Å². The van der Waals surface area contributed by atoms with Gasteiger partial charge in [0.2, 0.25) is 5.91 Å². The largest absolute Gasteiger partial charge is 0.352 e. The highest BCUT2D eigenvalue weighted by molar-refractivity contribution is 6.09. The molecule has 1 aromatic rings. The fourth-order valence-electron chi connectivity index (χ4n) is 3.31. The molecule has 4 amide bonds. The highest BCUT2D eigenvalue weighted by atomic mass is 16.2. The SMILES string of the molecule is Cc1ccc(C2(C)NC(=O)N(CC(=O)NC3CCNCC3)C2=O)cc1. The summed E-state index contributed by atoms with van der Waals surface area (Å²) in [5.74, 6) is -0.703. The summed E-state index contributed by atoms with van der Waals surface area (Å²) in [4.78, 5) is 38.3. The third-order valence-corrected chi connectivity index (χ3v) is 4.91. The third kappa shape index (κ3) is 3.51. The number of piperidine rings is 1. The maximum atomic E-state index is 12.8. The molecule has 0 saturated carbocycles. The van der Waals surface area contributed by atoms with Crippen molar-refractivity contribution in [3.63, 3.8) is 0 Å². The van der Waals surface area contributed by atoms with Crippen LogP contribution in [-0.2, 0) is 15.1 Å². The van der Waals surface area contributed by atoms with Crippen molar-refractivity contribution in [2.75, 3.05) is 19.6 Å². The number of hydrogen-bond acceptors (Lipinski definition) is 4. The zero-order valence-corrected chi connectivity index (χ0v) is 14.6. The Morgan fingerprint density at radius 2 is 1.88 bits per heavy atom. The van der Waals surface area contributed by atoms with Gasteiger partial charge in [0.15, 0.2) is 0 Å². The van der Waals surface area contributed by atoms with Crippen molar-refractivity contribution in [1.82, 2.24) is 20.9 Å². The second kappa shape index (κ2) is 6.84. The van der Waals surface area contributed by atoms with Crippen LogP contribution in [0.3, 0.4) is 0 Å². The Morgan fingerprint density at radius 3 is 2.52 bits per heavy atom. The quantitative estimate of drug-likeness (QED) is 0.699. The molecule has 0 radical (unpaired) electrons. The number of nitrogens with zero attached hydrogens (tertiary/aromatic N) is 1. The van der Waals surface area contributed by atoms with Gasteiger partial charge in [0.05, 0.1) is 0 Å². The number of nitrogens with one attached hydrogen (secondary N) is 3. The minimum absolute atomic E-state index is 0.0954. The molecule has 0 bridgehead atoms. The number of carbonyl (C=O) groups excluding carboxylic acids is 3. The Hall–Kier alpha value is -2.41. The van der Waals surface area contributed by atoms with Gasteiger partial charge in [-0.25, -0.2) is 4.79 Å². The van der Waals surface area contributed by atoms with E-state index in [-0.39, 0.29) is 18.5 Å². The van der Waals surface area contributed by atoms with Crippen LogP contribution < -0.4 is 16.0 Å². The Morgan fingerprint density at radius 1 is 1.24 bits per heavy atom. The highest BCUT2D eigenvalue weighted by Gasteiger charge is 2.49. The van der Waals surface area contributed by atoms with Crippen molar-refractivity contribution in [2.45, 2.75) is 38.3 Å².